The van der Waals surface area contributed by atoms with Crippen molar-refractivity contribution in [1.82, 2.24) is 0 Å². The maximum Gasteiger partial charge on any atom is 0.0256 e. The van der Waals surface area contributed by atoms with Gasteiger partial charge in [-0.25, -0.2) is 0 Å². The molecule has 0 unspecified atom stereocenters. The van der Waals surface area contributed by atoms with E-state index in [1.165, 1.54) is 35.4 Å². The van der Waals surface area contributed by atoms with Crippen LogP contribution in [0.3, 0.4) is 0 Å². The molecule has 1 aliphatic rings. The number of aryl methyl sites for hydroxylation is 1. The zero-order valence-electron chi connectivity index (χ0n) is 9.97. The summed E-state index contributed by atoms with van der Waals surface area (Å²) in [6.07, 6.45) is 4.80. The van der Waals surface area contributed by atoms with E-state index in [2.05, 4.69) is 32.9 Å². The van der Waals surface area contributed by atoms with Crippen LogP contribution in [0.4, 0.5) is 0 Å². The molecule has 84 valence electrons. The van der Waals surface area contributed by atoms with Crippen molar-refractivity contribution in [3.05, 3.63) is 21.9 Å². The van der Waals surface area contributed by atoms with Crippen molar-refractivity contribution >= 4 is 11.3 Å². The minimum absolute atomic E-state index is 0.0708. The van der Waals surface area contributed by atoms with E-state index in [9.17, 15) is 0 Å². The molecule has 0 amide bonds. The fraction of sp³-hybridized carbons (Fsp3) is 0.692. The first-order valence-electron chi connectivity index (χ1n) is 5.88. The van der Waals surface area contributed by atoms with Crippen molar-refractivity contribution in [2.45, 2.75) is 57.4 Å². The number of rotatable bonds is 4. The third kappa shape index (κ3) is 1.85. The van der Waals surface area contributed by atoms with E-state index in [0.717, 1.165) is 0 Å². The van der Waals surface area contributed by atoms with E-state index in [1.54, 1.807) is 0 Å². The van der Waals surface area contributed by atoms with Gasteiger partial charge in [-0.2, -0.15) is 0 Å². The molecule has 1 saturated carbocycles. The van der Waals surface area contributed by atoms with Crippen LogP contribution in [-0.2, 0) is 11.8 Å². The summed E-state index contributed by atoms with van der Waals surface area (Å²) < 4.78 is 0. The molecule has 0 aromatic carbocycles. The zero-order valence-corrected chi connectivity index (χ0v) is 10.8. The van der Waals surface area contributed by atoms with Gasteiger partial charge in [0.15, 0.2) is 0 Å². The summed E-state index contributed by atoms with van der Waals surface area (Å²) in [5.41, 5.74) is 6.57. The lowest BCUT2D eigenvalue weighted by Crippen LogP contribution is -2.42. The molecule has 2 heteroatoms. The third-order valence-corrected chi connectivity index (χ3v) is 5.28. The van der Waals surface area contributed by atoms with Gasteiger partial charge >= 0.3 is 0 Å². The maximum atomic E-state index is 6.35. The SMILES string of the molecule is CCCc1ccc(C(C)(C)C2(N)CC2)s1. The quantitative estimate of drug-likeness (QED) is 0.831. The number of hydrogen-bond acceptors (Lipinski definition) is 2. The third-order valence-electron chi connectivity index (χ3n) is 3.81. The van der Waals surface area contributed by atoms with Gasteiger partial charge in [0.2, 0.25) is 0 Å². The molecule has 1 fully saturated rings. The summed E-state index contributed by atoms with van der Waals surface area (Å²) >= 11 is 1.95. The summed E-state index contributed by atoms with van der Waals surface area (Å²) in [6, 6.07) is 4.56. The van der Waals surface area contributed by atoms with Crippen molar-refractivity contribution in [3.63, 3.8) is 0 Å². The fourth-order valence-corrected chi connectivity index (χ4v) is 3.42. The van der Waals surface area contributed by atoms with E-state index in [4.69, 9.17) is 5.73 Å². The van der Waals surface area contributed by atoms with Gasteiger partial charge in [0.25, 0.3) is 0 Å². The molecule has 15 heavy (non-hydrogen) atoms. The van der Waals surface area contributed by atoms with Crippen LogP contribution in [0.25, 0.3) is 0 Å². The summed E-state index contributed by atoms with van der Waals surface area (Å²) in [7, 11) is 0. The molecule has 0 aliphatic heterocycles. The van der Waals surface area contributed by atoms with Crippen LogP contribution in [0.15, 0.2) is 12.1 Å². The van der Waals surface area contributed by atoms with Gasteiger partial charge in [-0.1, -0.05) is 27.2 Å². The average molecular weight is 223 g/mol. The Morgan fingerprint density at radius 2 is 2.07 bits per heavy atom. The molecule has 2 rings (SSSR count). The standard InChI is InChI=1S/C13H21NS/c1-4-5-10-6-7-11(15-10)12(2,3)13(14)8-9-13/h6-7H,4-5,8-9,14H2,1-3H3. The smallest absolute Gasteiger partial charge is 0.0256 e. The Morgan fingerprint density at radius 1 is 1.40 bits per heavy atom. The lowest BCUT2D eigenvalue weighted by Gasteiger charge is -2.30. The van der Waals surface area contributed by atoms with Gasteiger partial charge in [0, 0.05) is 20.7 Å². The van der Waals surface area contributed by atoms with E-state index in [-0.39, 0.29) is 11.0 Å². The molecule has 1 aromatic heterocycles. The second-order valence-electron chi connectivity index (χ2n) is 5.30. The monoisotopic (exact) mass is 223 g/mol. The van der Waals surface area contributed by atoms with Crippen molar-refractivity contribution in [3.8, 4) is 0 Å². The van der Waals surface area contributed by atoms with Gasteiger partial charge in [0.05, 0.1) is 0 Å². The van der Waals surface area contributed by atoms with Gasteiger partial charge in [0.1, 0.15) is 0 Å². The summed E-state index contributed by atoms with van der Waals surface area (Å²) in [6.45, 7) is 6.82. The average Bonchev–Trinajstić information content (AvgIpc) is 2.78. The van der Waals surface area contributed by atoms with Crippen LogP contribution in [-0.4, -0.2) is 5.54 Å². The fourth-order valence-electron chi connectivity index (χ4n) is 2.10. The highest BCUT2D eigenvalue weighted by molar-refractivity contribution is 7.12. The highest BCUT2D eigenvalue weighted by Gasteiger charge is 2.52. The molecule has 0 spiro atoms. The summed E-state index contributed by atoms with van der Waals surface area (Å²) in [5.74, 6) is 0. The molecular formula is C13H21NS. The van der Waals surface area contributed by atoms with Crippen LogP contribution in [0.1, 0.15) is 49.8 Å². The normalized spacial score (nSPS) is 19.2. The largest absolute Gasteiger partial charge is 0.324 e. The second-order valence-corrected chi connectivity index (χ2v) is 6.47. The number of thiophene rings is 1. The molecule has 2 N–H and O–H groups in total. The second kappa shape index (κ2) is 3.60. The van der Waals surface area contributed by atoms with Gasteiger partial charge < -0.3 is 5.73 Å². The first-order valence-corrected chi connectivity index (χ1v) is 6.69. The van der Waals surface area contributed by atoms with Gasteiger partial charge in [-0.15, -0.1) is 11.3 Å². The zero-order chi connectivity index (χ0) is 11.1. The maximum absolute atomic E-state index is 6.35. The Labute approximate surface area is 96.7 Å². The number of hydrogen-bond donors (Lipinski definition) is 1. The van der Waals surface area contributed by atoms with Crippen molar-refractivity contribution in [1.29, 1.82) is 0 Å². The molecule has 1 heterocycles. The van der Waals surface area contributed by atoms with Crippen LogP contribution >= 0.6 is 11.3 Å². The molecule has 0 atom stereocenters. The van der Waals surface area contributed by atoms with Crippen LogP contribution < -0.4 is 5.73 Å². The van der Waals surface area contributed by atoms with E-state index < -0.39 is 0 Å². The Balaban J connectivity index is 2.21. The summed E-state index contributed by atoms with van der Waals surface area (Å²) in [4.78, 5) is 2.97. The van der Waals surface area contributed by atoms with E-state index in [0.29, 0.717) is 0 Å². The first-order chi connectivity index (χ1) is 6.99. The molecule has 0 bridgehead atoms. The van der Waals surface area contributed by atoms with Crippen molar-refractivity contribution in [2.24, 2.45) is 5.73 Å². The number of nitrogens with two attached hydrogens (primary N) is 1. The van der Waals surface area contributed by atoms with Crippen molar-refractivity contribution in [2.75, 3.05) is 0 Å². The molecule has 1 aliphatic carbocycles. The molecule has 0 radical (unpaired) electrons. The molecule has 1 aromatic rings. The molecule has 0 saturated heterocycles. The van der Waals surface area contributed by atoms with E-state index >= 15 is 0 Å². The Hall–Kier alpha value is -0.340. The van der Waals surface area contributed by atoms with Crippen molar-refractivity contribution < 1.29 is 0 Å². The predicted octanol–water partition coefficient (Wildman–Crippen LogP) is 3.47. The highest BCUT2D eigenvalue weighted by atomic mass is 32.1. The highest BCUT2D eigenvalue weighted by Crippen LogP contribution is 2.50. The van der Waals surface area contributed by atoms with Crippen LogP contribution in [0.5, 0.6) is 0 Å². The summed E-state index contributed by atoms with van der Waals surface area (Å²) in [5, 5.41) is 0. The minimum Gasteiger partial charge on any atom is -0.324 e. The first kappa shape index (κ1) is 11.2. The Kier molecular flexibility index (Phi) is 2.68. The molecular weight excluding hydrogens is 202 g/mol. The minimum atomic E-state index is 0.0708. The molecule has 1 nitrogen and oxygen atoms in total. The van der Waals surface area contributed by atoms with Gasteiger partial charge in [-0.05, 0) is 31.4 Å². The van der Waals surface area contributed by atoms with Crippen LogP contribution in [0.2, 0.25) is 0 Å². The predicted molar refractivity (Wildman–Crippen MR) is 67.5 cm³/mol. The van der Waals surface area contributed by atoms with Crippen LogP contribution in [0, 0.1) is 0 Å². The van der Waals surface area contributed by atoms with Gasteiger partial charge in [-0.3, -0.25) is 0 Å². The topological polar surface area (TPSA) is 26.0 Å². The lowest BCUT2D eigenvalue weighted by molar-refractivity contribution is 0.398. The Morgan fingerprint density at radius 3 is 2.60 bits per heavy atom. The Bertz CT molecular complexity index is 347. The lowest BCUT2D eigenvalue weighted by atomic mass is 9.81. The van der Waals surface area contributed by atoms with E-state index in [1.807, 2.05) is 11.3 Å².